The second-order valence-electron chi connectivity index (χ2n) is 6.16. The molecule has 0 saturated heterocycles. The summed E-state index contributed by atoms with van der Waals surface area (Å²) in [5.74, 6) is -0.179. The number of fused-ring (bicyclic) bond motifs is 1. The van der Waals surface area contributed by atoms with Gasteiger partial charge in [0, 0.05) is 13.0 Å². The molecule has 1 aliphatic rings. The number of para-hydroxylation sites is 2. The normalized spacial score (nSPS) is 15.3. The van der Waals surface area contributed by atoms with Crippen LogP contribution in [0.15, 0.2) is 54.6 Å². The van der Waals surface area contributed by atoms with Crippen LogP contribution in [-0.4, -0.2) is 37.1 Å². The molecule has 1 heterocycles. The van der Waals surface area contributed by atoms with Gasteiger partial charge in [0.25, 0.3) is 5.91 Å². The molecular weight excluding hydrogens is 362 g/mol. The topological polar surface area (TPSA) is 106 Å². The Labute approximate surface area is 162 Å². The summed E-state index contributed by atoms with van der Waals surface area (Å²) in [7, 11) is 0. The molecule has 1 aliphatic heterocycles. The van der Waals surface area contributed by atoms with E-state index in [1.165, 1.54) is 0 Å². The third-order valence-electron chi connectivity index (χ3n) is 4.04. The van der Waals surface area contributed by atoms with Crippen molar-refractivity contribution in [1.82, 2.24) is 10.6 Å². The van der Waals surface area contributed by atoms with E-state index in [-0.39, 0.29) is 38.0 Å². The van der Waals surface area contributed by atoms with E-state index in [0.29, 0.717) is 11.4 Å². The van der Waals surface area contributed by atoms with Crippen LogP contribution in [0.2, 0.25) is 0 Å². The highest BCUT2D eigenvalue weighted by Crippen LogP contribution is 2.25. The lowest BCUT2D eigenvalue weighted by atomic mass is 10.2. The standard InChI is InChI=1S/C20H21N3O5/c24-18(10-11-21-20(26)28-12-14-6-2-1-3-7-14)22-16-13-27-17-9-5-4-8-15(17)23-19(16)25/h1-9,16H,10-13H2,(H,21,26)(H,22,24)(H,23,25)/t16-/m1/s1. The predicted octanol–water partition coefficient (Wildman–Crippen LogP) is 1.82. The largest absolute Gasteiger partial charge is 0.489 e. The number of alkyl carbamates (subject to hydrolysis) is 1. The molecule has 3 N–H and O–H groups in total. The van der Waals surface area contributed by atoms with Gasteiger partial charge in [-0.15, -0.1) is 0 Å². The first-order valence-electron chi connectivity index (χ1n) is 8.88. The Hall–Kier alpha value is -3.55. The van der Waals surface area contributed by atoms with E-state index >= 15 is 0 Å². The lowest BCUT2D eigenvalue weighted by molar-refractivity contribution is -0.126. The van der Waals surface area contributed by atoms with Gasteiger partial charge in [-0.3, -0.25) is 9.59 Å². The average molecular weight is 383 g/mol. The molecule has 0 aliphatic carbocycles. The summed E-state index contributed by atoms with van der Waals surface area (Å²) < 4.78 is 10.6. The Bertz CT molecular complexity index is 841. The molecule has 2 aromatic carbocycles. The van der Waals surface area contributed by atoms with Gasteiger partial charge in [-0.25, -0.2) is 4.79 Å². The van der Waals surface area contributed by atoms with Gasteiger partial charge in [-0.05, 0) is 17.7 Å². The number of carbonyl (C=O) groups excluding carboxylic acids is 3. The molecule has 3 amide bonds. The molecule has 2 aromatic rings. The number of anilines is 1. The van der Waals surface area contributed by atoms with E-state index in [9.17, 15) is 14.4 Å². The van der Waals surface area contributed by atoms with Crippen molar-refractivity contribution in [3.05, 3.63) is 60.2 Å². The van der Waals surface area contributed by atoms with Crippen molar-refractivity contribution in [3.63, 3.8) is 0 Å². The minimum absolute atomic E-state index is 0.0111. The zero-order valence-electron chi connectivity index (χ0n) is 15.1. The van der Waals surface area contributed by atoms with Crippen molar-refractivity contribution in [2.45, 2.75) is 19.1 Å². The van der Waals surface area contributed by atoms with E-state index in [1.54, 1.807) is 24.3 Å². The van der Waals surface area contributed by atoms with Gasteiger partial charge in [0.1, 0.15) is 25.0 Å². The molecular formula is C20H21N3O5. The number of hydrogen-bond donors (Lipinski definition) is 3. The lowest BCUT2D eigenvalue weighted by Crippen LogP contribution is -2.47. The molecule has 28 heavy (non-hydrogen) atoms. The Balaban J connectivity index is 1.37. The fourth-order valence-electron chi connectivity index (χ4n) is 2.59. The first-order chi connectivity index (χ1) is 13.6. The summed E-state index contributed by atoms with van der Waals surface area (Å²) >= 11 is 0. The fraction of sp³-hybridized carbons (Fsp3) is 0.250. The molecule has 0 radical (unpaired) electrons. The van der Waals surface area contributed by atoms with Crippen molar-refractivity contribution >= 4 is 23.6 Å². The summed E-state index contributed by atoms with van der Waals surface area (Å²) in [4.78, 5) is 35.9. The number of amides is 3. The van der Waals surface area contributed by atoms with E-state index in [1.807, 2.05) is 30.3 Å². The zero-order chi connectivity index (χ0) is 19.8. The molecule has 8 heteroatoms. The molecule has 0 bridgehead atoms. The van der Waals surface area contributed by atoms with E-state index < -0.39 is 12.1 Å². The Morgan fingerprint density at radius 2 is 1.86 bits per heavy atom. The maximum atomic E-state index is 12.2. The Morgan fingerprint density at radius 3 is 2.68 bits per heavy atom. The van der Waals surface area contributed by atoms with Crippen molar-refractivity contribution < 1.29 is 23.9 Å². The summed E-state index contributed by atoms with van der Waals surface area (Å²) in [5.41, 5.74) is 1.43. The van der Waals surface area contributed by atoms with Gasteiger partial charge in [0.2, 0.25) is 5.91 Å². The van der Waals surface area contributed by atoms with Crippen LogP contribution in [0.25, 0.3) is 0 Å². The molecule has 0 spiro atoms. The third-order valence-corrected chi connectivity index (χ3v) is 4.04. The Kier molecular flexibility index (Phi) is 6.46. The third kappa shape index (κ3) is 5.47. The average Bonchev–Trinajstić information content (AvgIpc) is 2.86. The van der Waals surface area contributed by atoms with Crippen molar-refractivity contribution in [2.75, 3.05) is 18.5 Å². The van der Waals surface area contributed by atoms with Gasteiger partial charge < -0.3 is 25.4 Å². The van der Waals surface area contributed by atoms with Gasteiger partial charge in [0.05, 0.1) is 5.69 Å². The quantitative estimate of drug-likeness (QED) is 0.706. The molecule has 0 fully saturated rings. The molecule has 1 atom stereocenters. The van der Waals surface area contributed by atoms with Crippen molar-refractivity contribution in [2.24, 2.45) is 0 Å². The number of carbonyl (C=O) groups is 3. The highest BCUT2D eigenvalue weighted by atomic mass is 16.5. The summed E-state index contributed by atoms with van der Waals surface area (Å²) in [6.07, 6.45) is -0.598. The SMILES string of the molecule is O=C(CCNC(=O)OCc1ccccc1)N[C@@H]1COc2ccccc2NC1=O. The highest BCUT2D eigenvalue weighted by molar-refractivity contribution is 5.99. The van der Waals surface area contributed by atoms with Gasteiger partial charge >= 0.3 is 6.09 Å². The molecule has 3 rings (SSSR count). The smallest absolute Gasteiger partial charge is 0.407 e. The van der Waals surface area contributed by atoms with Crippen LogP contribution in [0.5, 0.6) is 5.75 Å². The van der Waals surface area contributed by atoms with Crippen LogP contribution in [-0.2, 0) is 20.9 Å². The number of hydrogen-bond acceptors (Lipinski definition) is 5. The van der Waals surface area contributed by atoms with E-state index in [4.69, 9.17) is 9.47 Å². The fourth-order valence-corrected chi connectivity index (χ4v) is 2.59. The number of rotatable bonds is 6. The minimum atomic E-state index is -0.815. The monoisotopic (exact) mass is 383 g/mol. The number of nitrogens with one attached hydrogen (secondary N) is 3. The van der Waals surface area contributed by atoms with Gasteiger partial charge in [0.15, 0.2) is 0 Å². The molecule has 0 saturated carbocycles. The first-order valence-corrected chi connectivity index (χ1v) is 8.88. The number of benzene rings is 2. The first kappa shape index (κ1) is 19.2. The minimum Gasteiger partial charge on any atom is -0.489 e. The summed E-state index contributed by atoms with van der Waals surface area (Å²) in [6, 6.07) is 15.5. The summed E-state index contributed by atoms with van der Waals surface area (Å²) in [6.45, 7) is 0.273. The zero-order valence-corrected chi connectivity index (χ0v) is 15.1. The van der Waals surface area contributed by atoms with Crippen LogP contribution >= 0.6 is 0 Å². The second-order valence-corrected chi connectivity index (χ2v) is 6.16. The van der Waals surface area contributed by atoms with Crippen LogP contribution in [0.4, 0.5) is 10.5 Å². The van der Waals surface area contributed by atoms with Crippen LogP contribution in [0.1, 0.15) is 12.0 Å². The number of ether oxygens (including phenoxy) is 2. The lowest BCUT2D eigenvalue weighted by Gasteiger charge is -2.15. The molecule has 0 aromatic heterocycles. The Morgan fingerprint density at radius 1 is 1.11 bits per heavy atom. The van der Waals surface area contributed by atoms with E-state index in [2.05, 4.69) is 16.0 Å². The molecule has 146 valence electrons. The van der Waals surface area contributed by atoms with Crippen LogP contribution in [0.3, 0.4) is 0 Å². The van der Waals surface area contributed by atoms with Crippen LogP contribution < -0.4 is 20.7 Å². The summed E-state index contributed by atoms with van der Waals surface area (Å²) in [5, 5.41) is 7.83. The maximum absolute atomic E-state index is 12.2. The highest BCUT2D eigenvalue weighted by Gasteiger charge is 2.25. The molecule has 8 nitrogen and oxygen atoms in total. The van der Waals surface area contributed by atoms with Crippen LogP contribution in [0, 0.1) is 0 Å². The maximum Gasteiger partial charge on any atom is 0.407 e. The van der Waals surface area contributed by atoms with E-state index in [0.717, 1.165) is 5.56 Å². The predicted molar refractivity (Wildman–Crippen MR) is 102 cm³/mol. The van der Waals surface area contributed by atoms with Gasteiger partial charge in [-0.2, -0.15) is 0 Å². The van der Waals surface area contributed by atoms with Gasteiger partial charge in [-0.1, -0.05) is 42.5 Å². The van der Waals surface area contributed by atoms with Crippen molar-refractivity contribution in [1.29, 1.82) is 0 Å². The second kappa shape index (κ2) is 9.40. The molecule has 0 unspecified atom stereocenters. The van der Waals surface area contributed by atoms with Crippen molar-refractivity contribution in [3.8, 4) is 5.75 Å².